The molecule has 0 spiro atoms. The molecule has 0 aliphatic carbocycles. The standard InChI is InChI=1S/C15H33N3O2S/c1-3-4-5-6-7-8-11-17-21(19,20)18-12-9-15(10-13-18)14-16-2/h15-17H,3-14H2,1-2H3. The molecule has 0 aromatic carbocycles. The third-order valence-electron chi connectivity index (χ3n) is 4.22. The van der Waals surface area contributed by atoms with Crippen LogP contribution in [0.1, 0.15) is 58.3 Å². The van der Waals surface area contributed by atoms with Gasteiger partial charge in [-0.1, -0.05) is 39.0 Å². The molecule has 0 unspecified atom stereocenters. The zero-order valence-corrected chi connectivity index (χ0v) is 14.6. The van der Waals surface area contributed by atoms with Gasteiger partial charge in [0.2, 0.25) is 0 Å². The molecule has 0 aromatic heterocycles. The Labute approximate surface area is 131 Å². The summed E-state index contributed by atoms with van der Waals surface area (Å²) < 4.78 is 28.7. The number of nitrogens with one attached hydrogen (secondary N) is 2. The van der Waals surface area contributed by atoms with Gasteiger partial charge < -0.3 is 5.32 Å². The van der Waals surface area contributed by atoms with Gasteiger partial charge in [-0.25, -0.2) is 4.72 Å². The molecule has 126 valence electrons. The highest BCUT2D eigenvalue weighted by Crippen LogP contribution is 2.18. The van der Waals surface area contributed by atoms with E-state index in [-0.39, 0.29) is 0 Å². The quantitative estimate of drug-likeness (QED) is 0.573. The van der Waals surface area contributed by atoms with Crippen molar-refractivity contribution in [3.05, 3.63) is 0 Å². The van der Waals surface area contributed by atoms with Crippen LogP contribution in [-0.4, -0.2) is 45.9 Å². The minimum absolute atomic E-state index is 0.574. The van der Waals surface area contributed by atoms with Crippen molar-refractivity contribution in [2.24, 2.45) is 5.92 Å². The molecular formula is C15H33N3O2S. The van der Waals surface area contributed by atoms with E-state index in [9.17, 15) is 8.42 Å². The third kappa shape index (κ3) is 7.58. The first-order chi connectivity index (χ1) is 10.1. The molecule has 1 rings (SSSR count). The van der Waals surface area contributed by atoms with E-state index in [0.29, 0.717) is 25.6 Å². The van der Waals surface area contributed by atoms with Gasteiger partial charge in [0.05, 0.1) is 0 Å². The monoisotopic (exact) mass is 319 g/mol. The first-order valence-electron chi connectivity index (χ1n) is 8.49. The van der Waals surface area contributed by atoms with E-state index in [1.807, 2.05) is 7.05 Å². The molecule has 1 heterocycles. The van der Waals surface area contributed by atoms with E-state index in [2.05, 4.69) is 17.0 Å². The average molecular weight is 320 g/mol. The van der Waals surface area contributed by atoms with Gasteiger partial charge in [-0.15, -0.1) is 0 Å². The molecule has 0 amide bonds. The van der Waals surface area contributed by atoms with Crippen LogP contribution in [0, 0.1) is 5.92 Å². The molecule has 0 saturated carbocycles. The molecule has 2 N–H and O–H groups in total. The number of rotatable bonds is 11. The molecule has 21 heavy (non-hydrogen) atoms. The smallest absolute Gasteiger partial charge is 0.279 e. The topological polar surface area (TPSA) is 61.4 Å². The lowest BCUT2D eigenvalue weighted by Crippen LogP contribution is -2.46. The van der Waals surface area contributed by atoms with Crippen molar-refractivity contribution in [1.29, 1.82) is 0 Å². The Morgan fingerprint density at radius 3 is 2.29 bits per heavy atom. The van der Waals surface area contributed by atoms with Crippen LogP contribution in [0.15, 0.2) is 0 Å². The highest BCUT2D eigenvalue weighted by atomic mass is 32.2. The van der Waals surface area contributed by atoms with Gasteiger partial charge in [0.1, 0.15) is 0 Å². The SMILES string of the molecule is CCCCCCCCNS(=O)(=O)N1CCC(CNC)CC1. The second-order valence-corrected chi connectivity index (χ2v) is 7.82. The number of nitrogens with zero attached hydrogens (tertiary/aromatic N) is 1. The van der Waals surface area contributed by atoms with E-state index >= 15 is 0 Å². The largest absolute Gasteiger partial charge is 0.319 e. The fourth-order valence-electron chi connectivity index (χ4n) is 2.84. The minimum Gasteiger partial charge on any atom is -0.319 e. The van der Waals surface area contributed by atoms with Crippen LogP contribution in [0.3, 0.4) is 0 Å². The maximum Gasteiger partial charge on any atom is 0.279 e. The van der Waals surface area contributed by atoms with Gasteiger partial charge in [0, 0.05) is 19.6 Å². The van der Waals surface area contributed by atoms with Gasteiger partial charge in [-0.2, -0.15) is 12.7 Å². The number of unbranched alkanes of at least 4 members (excludes halogenated alkanes) is 5. The van der Waals surface area contributed by atoms with Crippen LogP contribution in [0.4, 0.5) is 0 Å². The van der Waals surface area contributed by atoms with Crippen molar-refractivity contribution in [2.45, 2.75) is 58.3 Å². The van der Waals surface area contributed by atoms with Crippen LogP contribution in [0.5, 0.6) is 0 Å². The van der Waals surface area contributed by atoms with Crippen LogP contribution in [-0.2, 0) is 10.2 Å². The molecule has 0 atom stereocenters. The Morgan fingerprint density at radius 1 is 1.05 bits per heavy atom. The fraction of sp³-hybridized carbons (Fsp3) is 1.00. The van der Waals surface area contributed by atoms with Crippen molar-refractivity contribution < 1.29 is 8.42 Å². The molecule has 0 bridgehead atoms. The number of hydrogen-bond donors (Lipinski definition) is 2. The zero-order chi connectivity index (χ0) is 15.6. The second kappa shape index (κ2) is 10.5. The van der Waals surface area contributed by atoms with Crippen molar-refractivity contribution in [3.8, 4) is 0 Å². The minimum atomic E-state index is -3.26. The lowest BCUT2D eigenvalue weighted by Gasteiger charge is -2.31. The summed E-state index contributed by atoms with van der Waals surface area (Å²) in [5.74, 6) is 0.611. The molecule has 1 fully saturated rings. The summed E-state index contributed by atoms with van der Waals surface area (Å²) >= 11 is 0. The lowest BCUT2D eigenvalue weighted by atomic mass is 9.98. The summed E-state index contributed by atoms with van der Waals surface area (Å²) in [5.41, 5.74) is 0. The van der Waals surface area contributed by atoms with Gasteiger partial charge in [-0.05, 0) is 38.8 Å². The molecule has 1 aliphatic heterocycles. The number of hydrogen-bond acceptors (Lipinski definition) is 3. The summed E-state index contributed by atoms with van der Waals surface area (Å²) in [4.78, 5) is 0. The summed E-state index contributed by atoms with van der Waals surface area (Å²) in [6.45, 7) is 5.06. The maximum absolute atomic E-state index is 12.2. The van der Waals surface area contributed by atoms with Crippen LogP contribution in [0.25, 0.3) is 0 Å². The second-order valence-electron chi connectivity index (χ2n) is 6.07. The molecular weight excluding hydrogens is 286 g/mol. The van der Waals surface area contributed by atoms with Crippen LogP contribution in [0.2, 0.25) is 0 Å². The maximum atomic E-state index is 12.2. The van der Waals surface area contributed by atoms with Crippen molar-refractivity contribution >= 4 is 10.2 Å². The van der Waals surface area contributed by atoms with Crippen molar-refractivity contribution in [1.82, 2.24) is 14.3 Å². The first-order valence-corrected chi connectivity index (χ1v) is 9.93. The molecule has 6 heteroatoms. The summed E-state index contributed by atoms with van der Waals surface area (Å²) in [5, 5.41) is 3.17. The van der Waals surface area contributed by atoms with Gasteiger partial charge in [-0.3, -0.25) is 0 Å². The Balaban J connectivity index is 2.16. The normalized spacial score (nSPS) is 18.2. The third-order valence-corrected chi connectivity index (χ3v) is 5.83. The Bertz CT molecular complexity index is 352. The van der Waals surface area contributed by atoms with E-state index in [1.165, 1.54) is 25.7 Å². The van der Waals surface area contributed by atoms with E-state index in [4.69, 9.17) is 0 Å². The molecule has 0 radical (unpaired) electrons. The predicted octanol–water partition coefficient (Wildman–Crippen LogP) is 2.11. The molecule has 1 saturated heterocycles. The Morgan fingerprint density at radius 2 is 1.67 bits per heavy atom. The summed E-state index contributed by atoms with van der Waals surface area (Å²) in [7, 11) is -1.31. The Hall–Kier alpha value is -0.170. The highest BCUT2D eigenvalue weighted by Gasteiger charge is 2.27. The van der Waals surface area contributed by atoms with Gasteiger partial charge in [0.15, 0.2) is 0 Å². The zero-order valence-electron chi connectivity index (χ0n) is 13.7. The average Bonchev–Trinajstić information content (AvgIpc) is 2.47. The molecule has 5 nitrogen and oxygen atoms in total. The van der Waals surface area contributed by atoms with Gasteiger partial charge in [0.25, 0.3) is 10.2 Å². The summed E-state index contributed by atoms with van der Waals surface area (Å²) in [6.07, 6.45) is 8.99. The van der Waals surface area contributed by atoms with Crippen molar-refractivity contribution in [3.63, 3.8) is 0 Å². The molecule has 0 aromatic rings. The number of piperidine rings is 1. The van der Waals surface area contributed by atoms with Crippen molar-refractivity contribution in [2.75, 3.05) is 33.2 Å². The van der Waals surface area contributed by atoms with E-state index in [0.717, 1.165) is 32.2 Å². The van der Waals surface area contributed by atoms with E-state index < -0.39 is 10.2 Å². The van der Waals surface area contributed by atoms with E-state index in [1.54, 1.807) is 4.31 Å². The first kappa shape index (κ1) is 18.9. The lowest BCUT2D eigenvalue weighted by molar-refractivity contribution is 0.268. The summed E-state index contributed by atoms with van der Waals surface area (Å²) in [6, 6.07) is 0. The predicted molar refractivity (Wildman–Crippen MR) is 88.5 cm³/mol. The Kier molecular flexibility index (Phi) is 9.47. The molecule has 1 aliphatic rings. The fourth-order valence-corrected chi connectivity index (χ4v) is 4.12. The van der Waals surface area contributed by atoms with Gasteiger partial charge >= 0.3 is 0 Å². The highest BCUT2D eigenvalue weighted by molar-refractivity contribution is 7.87. The van der Waals surface area contributed by atoms with Crippen LogP contribution < -0.4 is 10.0 Å². The van der Waals surface area contributed by atoms with Crippen LogP contribution >= 0.6 is 0 Å².